The number of amides is 1. The predicted molar refractivity (Wildman–Crippen MR) is 81.6 cm³/mol. The lowest BCUT2D eigenvalue weighted by molar-refractivity contribution is -0.133. The lowest BCUT2D eigenvalue weighted by atomic mass is 10.1. The van der Waals surface area contributed by atoms with Gasteiger partial charge in [0.25, 0.3) is 0 Å². The highest BCUT2D eigenvalue weighted by atomic mass is 16.2. The molecule has 1 saturated heterocycles. The van der Waals surface area contributed by atoms with Crippen molar-refractivity contribution in [2.24, 2.45) is 7.05 Å². The first-order valence-corrected chi connectivity index (χ1v) is 7.64. The quantitative estimate of drug-likeness (QED) is 0.915. The van der Waals surface area contributed by atoms with Gasteiger partial charge < -0.3 is 14.8 Å². The first-order chi connectivity index (χ1) is 9.50. The molecule has 1 atom stereocenters. The van der Waals surface area contributed by atoms with E-state index in [2.05, 4.69) is 36.8 Å². The van der Waals surface area contributed by atoms with Crippen molar-refractivity contribution >= 4 is 5.91 Å². The standard InChI is InChI=1S/C16H27N3O/c1-12-10-15(14(3)18(12)4)11-17-13(2)16(20)19-8-6-5-7-9-19/h10,13,17H,5-9,11H2,1-4H3. The third-order valence-electron chi connectivity index (χ3n) is 4.52. The van der Waals surface area contributed by atoms with Crippen molar-refractivity contribution in [3.63, 3.8) is 0 Å². The fraction of sp³-hybridized carbons (Fsp3) is 0.688. The van der Waals surface area contributed by atoms with Crippen molar-refractivity contribution in [2.45, 2.75) is 52.6 Å². The summed E-state index contributed by atoms with van der Waals surface area (Å²) in [6, 6.07) is 2.09. The number of nitrogens with one attached hydrogen (secondary N) is 1. The summed E-state index contributed by atoms with van der Waals surface area (Å²) in [5, 5.41) is 3.37. The molecule has 0 radical (unpaired) electrons. The number of hydrogen-bond donors (Lipinski definition) is 1. The molecule has 0 spiro atoms. The van der Waals surface area contributed by atoms with Gasteiger partial charge in [0, 0.05) is 38.1 Å². The van der Waals surface area contributed by atoms with Gasteiger partial charge in [-0.3, -0.25) is 4.79 Å². The van der Waals surface area contributed by atoms with Gasteiger partial charge in [-0.05, 0) is 51.7 Å². The summed E-state index contributed by atoms with van der Waals surface area (Å²) in [6.07, 6.45) is 3.55. The van der Waals surface area contributed by atoms with Crippen LogP contribution in [0.2, 0.25) is 0 Å². The minimum atomic E-state index is -0.104. The Labute approximate surface area is 122 Å². The molecule has 4 nitrogen and oxygen atoms in total. The molecule has 20 heavy (non-hydrogen) atoms. The number of nitrogens with zero attached hydrogens (tertiary/aromatic N) is 2. The maximum atomic E-state index is 12.3. The van der Waals surface area contributed by atoms with Gasteiger partial charge in [0.05, 0.1) is 6.04 Å². The molecule has 0 saturated carbocycles. The van der Waals surface area contributed by atoms with Crippen molar-refractivity contribution in [1.82, 2.24) is 14.8 Å². The number of hydrogen-bond acceptors (Lipinski definition) is 2. The summed E-state index contributed by atoms with van der Waals surface area (Å²) in [4.78, 5) is 14.3. The molecule has 1 amide bonds. The molecule has 0 aromatic carbocycles. The van der Waals surface area contributed by atoms with E-state index in [9.17, 15) is 4.79 Å². The number of likely N-dealkylation sites (tertiary alicyclic amines) is 1. The Morgan fingerprint density at radius 3 is 2.50 bits per heavy atom. The molecule has 1 aliphatic rings. The number of aryl methyl sites for hydroxylation is 1. The molecule has 1 aromatic rings. The Bertz CT molecular complexity index is 472. The molecule has 112 valence electrons. The van der Waals surface area contributed by atoms with E-state index in [1.165, 1.54) is 23.4 Å². The van der Waals surface area contributed by atoms with Crippen LogP contribution < -0.4 is 5.32 Å². The zero-order valence-corrected chi connectivity index (χ0v) is 13.2. The molecule has 2 heterocycles. The van der Waals surface area contributed by atoms with Crippen LogP contribution in [0.4, 0.5) is 0 Å². The van der Waals surface area contributed by atoms with Gasteiger partial charge in [0.15, 0.2) is 0 Å². The first kappa shape index (κ1) is 15.1. The van der Waals surface area contributed by atoms with Crippen LogP contribution in [-0.4, -0.2) is 34.5 Å². The fourth-order valence-electron chi connectivity index (χ4n) is 2.85. The van der Waals surface area contributed by atoms with Gasteiger partial charge in [-0.1, -0.05) is 0 Å². The number of aromatic nitrogens is 1. The van der Waals surface area contributed by atoms with Crippen LogP contribution in [0, 0.1) is 13.8 Å². The predicted octanol–water partition coefficient (Wildman–Crippen LogP) is 2.13. The van der Waals surface area contributed by atoms with Gasteiger partial charge in [-0.15, -0.1) is 0 Å². The van der Waals surface area contributed by atoms with Gasteiger partial charge in [-0.25, -0.2) is 0 Å². The lowest BCUT2D eigenvalue weighted by Crippen LogP contribution is -2.46. The first-order valence-electron chi connectivity index (χ1n) is 7.64. The summed E-state index contributed by atoms with van der Waals surface area (Å²) in [5.41, 5.74) is 3.81. The summed E-state index contributed by atoms with van der Waals surface area (Å²) >= 11 is 0. The lowest BCUT2D eigenvalue weighted by Gasteiger charge is -2.29. The smallest absolute Gasteiger partial charge is 0.239 e. The van der Waals surface area contributed by atoms with Crippen LogP contribution in [0.1, 0.15) is 43.1 Å². The summed E-state index contributed by atoms with van der Waals surface area (Å²) in [6.45, 7) is 8.82. The van der Waals surface area contributed by atoms with Crippen molar-refractivity contribution in [3.8, 4) is 0 Å². The topological polar surface area (TPSA) is 37.3 Å². The van der Waals surface area contributed by atoms with Crippen molar-refractivity contribution in [3.05, 3.63) is 23.0 Å². The highest BCUT2D eigenvalue weighted by molar-refractivity contribution is 5.81. The van der Waals surface area contributed by atoms with Gasteiger partial charge in [0.2, 0.25) is 5.91 Å². The zero-order chi connectivity index (χ0) is 14.7. The number of carbonyl (C=O) groups is 1. The van der Waals surface area contributed by atoms with Crippen LogP contribution in [0.15, 0.2) is 6.07 Å². The van der Waals surface area contributed by atoms with Crippen LogP contribution in [0.5, 0.6) is 0 Å². The molecule has 2 rings (SSSR count). The summed E-state index contributed by atoms with van der Waals surface area (Å²) < 4.78 is 2.19. The largest absolute Gasteiger partial charge is 0.352 e. The van der Waals surface area contributed by atoms with Crippen molar-refractivity contribution in [2.75, 3.05) is 13.1 Å². The van der Waals surface area contributed by atoms with E-state index < -0.39 is 0 Å². The molecule has 1 fully saturated rings. The summed E-state index contributed by atoms with van der Waals surface area (Å²) in [5.74, 6) is 0.245. The Kier molecular flexibility index (Phi) is 4.86. The van der Waals surface area contributed by atoms with E-state index in [0.717, 1.165) is 32.5 Å². The van der Waals surface area contributed by atoms with Crippen molar-refractivity contribution < 1.29 is 4.79 Å². The monoisotopic (exact) mass is 277 g/mol. The average molecular weight is 277 g/mol. The second kappa shape index (κ2) is 6.44. The molecule has 0 aliphatic carbocycles. The van der Waals surface area contributed by atoms with E-state index in [-0.39, 0.29) is 11.9 Å². The Morgan fingerprint density at radius 1 is 1.30 bits per heavy atom. The molecule has 1 unspecified atom stereocenters. The molecular formula is C16H27N3O. The Morgan fingerprint density at radius 2 is 1.95 bits per heavy atom. The minimum absolute atomic E-state index is 0.104. The van der Waals surface area contributed by atoms with E-state index >= 15 is 0 Å². The summed E-state index contributed by atoms with van der Waals surface area (Å²) in [7, 11) is 2.08. The van der Waals surface area contributed by atoms with Crippen LogP contribution in [0.25, 0.3) is 0 Å². The van der Waals surface area contributed by atoms with Crippen LogP contribution >= 0.6 is 0 Å². The van der Waals surface area contributed by atoms with Crippen LogP contribution in [0.3, 0.4) is 0 Å². The van der Waals surface area contributed by atoms with Gasteiger partial charge >= 0.3 is 0 Å². The van der Waals surface area contributed by atoms with E-state index in [0.29, 0.717) is 0 Å². The average Bonchev–Trinajstić information content (AvgIpc) is 2.72. The third-order valence-corrected chi connectivity index (χ3v) is 4.52. The van der Waals surface area contributed by atoms with Crippen molar-refractivity contribution in [1.29, 1.82) is 0 Å². The molecule has 1 N–H and O–H groups in total. The maximum absolute atomic E-state index is 12.3. The minimum Gasteiger partial charge on any atom is -0.352 e. The second-order valence-corrected chi connectivity index (χ2v) is 5.94. The molecule has 0 bridgehead atoms. The van der Waals surface area contributed by atoms with Gasteiger partial charge in [0.1, 0.15) is 0 Å². The SMILES string of the molecule is Cc1cc(CNC(C)C(=O)N2CCCCC2)c(C)n1C. The highest BCUT2D eigenvalue weighted by Crippen LogP contribution is 2.14. The number of carbonyl (C=O) groups excluding carboxylic acids is 1. The van der Waals surface area contributed by atoms with E-state index in [1.807, 2.05) is 11.8 Å². The Hall–Kier alpha value is -1.29. The fourth-order valence-corrected chi connectivity index (χ4v) is 2.85. The number of piperidine rings is 1. The molecule has 1 aromatic heterocycles. The third kappa shape index (κ3) is 3.23. The van der Waals surface area contributed by atoms with E-state index in [1.54, 1.807) is 0 Å². The van der Waals surface area contributed by atoms with Gasteiger partial charge in [-0.2, -0.15) is 0 Å². The Balaban J connectivity index is 1.89. The normalized spacial score (nSPS) is 17.3. The van der Waals surface area contributed by atoms with Crippen LogP contribution in [-0.2, 0) is 18.4 Å². The maximum Gasteiger partial charge on any atom is 0.239 e. The molecule has 1 aliphatic heterocycles. The second-order valence-electron chi connectivity index (χ2n) is 5.94. The zero-order valence-electron chi connectivity index (χ0n) is 13.2. The molecular weight excluding hydrogens is 250 g/mol. The highest BCUT2D eigenvalue weighted by Gasteiger charge is 2.21. The van der Waals surface area contributed by atoms with E-state index in [4.69, 9.17) is 0 Å². The molecule has 4 heteroatoms. The number of rotatable bonds is 4.